The van der Waals surface area contributed by atoms with Crippen molar-refractivity contribution in [1.29, 1.82) is 0 Å². The standard InChI is InChI=1S/C13H18N5O4P/c14-11-10-12(16-7-15-11)18(8-17-10)5-13(3-1-2-4-13)6-22-9-23(19,20)21/h1-2,7-8H,3-6,9H2,(H2,14,15,16)(H2,19,20,21). The van der Waals surface area contributed by atoms with E-state index in [-0.39, 0.29) is 12.0 Å². The summed E-state index contributed by atoms with van der Waals surface area (Å²) >= 11 is 0. The first-order valence-corrected chi connectivity index (χ1v) is 8.87. The third kappa shape index (κ3) is 3.59. The zero-order valence-corrected chi connectivity index (χ0v) is 13.3. The van der Waals surface area contributed by atoms with E-state index in [4.69, 9.17) is 20.3 Å². The number of ether oxygens (including phenoxy) is 1. The summed E-state index contributed by atoms with van der Waals surface area (Å²) in [5.41, 5.74) is 6.70. The van der Waals surface area contributed by atoms with Crippen LogP contribution in [-0.4, -0.2) is 42.3 Å². The van der Waals surface area contributed by atoms with Crippen LogP contribution in [0.5, 0.6) is 0 Å². The van der Waals surface area contributed by atoms with Gasteiger partial charge in [-0.3, -0.25) is 4.57 Å². The van der Waals surface area contributed by atoms with Crippen LogP contribution in [0.1, 0.15) is 12.8 Å². The summed E-state index contributed by atoms with van der Waals surface area (Å²) < 4.78 is 18.1. The monoisotopic (exact) mass is 339 g/mol. The zero-order valence-electron chi connectivity index (χ0n) is 12.4. The molecule has 0 saturated heterocycles. The Labute approximate surface area is 132 Å². The average molecular weight is 339 g/mol. The lowest BCUT2D eigenvalue weighted by Crippen LogP contribution is -2.29. The van der Waals surface area contributed by atoms with Gasteiger partial charge in [-0.2, -0.15) is 0 Å². The molecule has 0 atom stereocenters. The van der Waals surface area contributed by atoms with Crippen molar-refractivity contribution >= 4 is 24.6 Å². The molecule has 2 heterocycles. The largest absolute Gasteiger partial charge is 0.382 e. The summed E-state index contributed by atoms with van der Waals surface area (Å²) in [5.74, 6) is 0.324. The second-order valence-corrected chi connectivity index (χ2v) is 7.41. The van der Waals surface area contributed by atoms with E-state index >= 15 is 0 Å². The summed E-state index contributed by atoms with van der Waals surface area (Å²) in [6.45, 7) is 0.805. The Morgan fingerprint density at radius 1 is 1.30 bits per heavy atom. The van der Waals surface area contributed by atoms with Crippen molar-refractivity contribution in [2.75, 3.05) is 18.7 Å². The smallest absolute Gasteiger partial charge is 0.350 e. The second-order valence-electron chi connectivity index (χ2n) is 5.83. The fourth-order valence-electron chi connectivity index (χ4n) is 2.80. The molecule has 0 fully saturated rings. The molecule has 0 aromatic carbocycles. The minimum atomic E-state index is -4.17. The maximum Gasteiger partial charge on any atom is 0.350 e. The molecule has 4 N–H and O–H groups in total. The van der Waals surface area contributed by atoms with Crippen molar-refractivity contribution in [2.45, 2.75) is 19.4 Å². The van der Waals surface area contributed by atoms with Gasteiger partial charge in [-0.15, -0.1) is 0 Å². The highest BCUT2D eigenvalue weighted by molar-refractivity contribution is 7.51. The van der Waals surface area contributed by atoms with Crippen molar-refractivity contribution < 1.29 is 19.1 Å². The van der Waals surface area contributed by atoms with Gasteiger partial charge >= 0.3 is 7.60 Å². The highest BCUT2D eigenvalue weighted by atomic mass is 31.2. The number of allylic oxidation sites excluding steroid dienone is 2. The topological polar surface area (TPSA) is 136 Å². The molecule has 0 unspecified atom stereocenters. The van der Waals surface area contributed by atoms with E-state index in [1.54, 1.807) is 6.33 Å². The number of nitrogens with zero attached hydrogens (tertiary/aromatic N) is 4. The molecule has 9 nitrogen and oxygen atoms in total. The van der Waals surface area contributed by atoms with E-state index in [1.165, 1.54) is 6.33 Å². The van der Waals surface area contributed by atoms with Crippen molar-refractivity contribution in [3.63, 3.8) is 0 Å². The summed E-state index contributed by atoms with van der Waals surface area (Å²) in [6.07, 6.45) is 8.07. The normalized spacial score (nSPS) is 17.1. The predicted octanol–water partition coefficient (Wildman–Crippen LogP) is 0.897. The van der Waals surface area contributed by atoms with E-state index in [9.17, 15) is 4.57 Å². The maximum absolute atomic E-state index is 10.9. The molecule has 124 valence electrons. The number of hydrogen-bond acceptors (Lipinski definition) is 6. The Bertz CT molecular complexity index is 776. The summed E-state index contributed by atoms with van der Waals surface area (Å²) in [7, 11) is -4.17. The Kier molecular flexibility index (Phi) is 4.20. The minimum absolute atomic E-state index is 0.241. The van der Waals surface area contributed by atoms with Crippen LogP contribution in [0.25, 0.3) is 11.2 Å². The maximum atomic E-state index is 10.9. The predicted molar refractivity (Wildman–Crippen MR) is 83.4 cm³/mol. The fourth-order valence-corrected chi connectivity index (χ4v) is 3.13. The fraction of sp³-hybridized carbons (Fsp3) is 0.462. The molecular formula is C13H18N5O4P. The molecule has 0 radical (unpaired) electrons. The van der Waals surface area contributed by atoms with Gasteiger partial charge in [0.2, 0.25) is 0 Å². The summed E-state index contributed by atoms with van der Waals surface area (Å²) in [5, 5.41) is 0. The van der Waals surface area contributed by atoms with Crippen LogP contribution in [0, 0.1) is 5.41 Å². The van der Waals surface area contributed by atoms with Gasteiger partial charge in [-0.05, 0) is 12.8 Å². The third-order valence-electron chi connectivity index (χ3n) is 3.87. The molecule has 23 heavy (non-hydrogen) atoms. The first-order chi connectivity index (χ1) is 10.9. The van der Waals surface area contributed by atoms with E-state index in [2.05, 4.69) is 15.0 Å². The molecule has 0 bridgehead atoms. The summed E-state index contributed by atoms with van der Waals surface area (Å²) in [6, 6.07) is 0. The van der Waals surface area contributed by atoms with Gasteiger partial charge in [-0.1, -0.05) is 12.2 Å². The Morgan fingerprint density at radius 3 is 2.74 bits per heavy atom. The van der Waals surface area contributed by atoms with E-state index in [0.29, 0.717) is 23.5 Å². The van der Waals surface area contributed by atoms with Crippen LogP contribution in [0.3, 0.4) is 0 Å². The molecule has 0 spiro atoms. The van der Waals surface area contributed by atoms with Gasteiger partial charge in [-0.25, -0.2) is 15.0 Å². The van der Waals surface area contributed by atoms with Crippen molar-refractivity contribution in [3.05, 3.63) is 24.8 Å². The molecule has 1 aliphatic rings. The van der Waals surface area contributed by atoms with E-state index in [0.717, 1.165) is 12.8 Å². The highest BCUT2D eigenvalue weighted by Gasteiger charge is 2.33. The number of hydrogen-bond donors (Lipinski definition) is 3. The molecule has 10 heteroatoms. The Morgan fingerprint density at radius 2 is 2.04 bits per heavy atom. The molecular weight excluding hydrogens is 321 g/mol. The number of aromatic nitrogens is 4. The average Bonchev–Trinajstić information content (AvgIpc) is 3.07. The van der Waals surface area contributed by atoms with Crippen LogP contribution < -0.4 is 5.73 Å². The van der Waals surface area contributed by atoms with Crippen molar-refractivity contribution in [2.24, 2.45) is 5.41 Å². The van der Waals surface area contributed by atoms with E-state index in [1.807, 2.05) is 16.7 Å². The molecule has 0 aliphatic heterocycles. The van der Waals surface area contributed by atoms with Crippen LogP contribution in [0.2, 0.25) is 0 Å². The first-order valence-electron chi connectivity index (χ1n) is 7.07. The molecule has 2 aromatic heterocycles. The number of nitrogen functional groups attached to an aromatic ring is 1. The van der Waals surface area contributed by atoms with E-state index < -0.39 is 13.9 Å². The lowest BCUT2D eigenvalue weighted by Gasteiger charge is -2.29. The Hall–Kier alpha value is -1.80. The third-order valence-corrected chi connectivity index (χ3v) is 4.39. The molecule has 0 saturated carbocycles. The van der Waals surface area contributed by atoms with Crippen molar-refractivity contribution in [1.82, 2.24) is 19.5 Å². The van der Waals surface area contributed by atoms with Crippen LogP contribution in [0.4, 0.5) is 5.82 Å². The van der Waals surface area contributed by atoms with Crippen LogP contribution in [0.15, 0.2) is 24.8 Å². The van der Waals surface area contributed by atoms with Gasteiger partial charge in [0.15, 0.2) is 11.5 Å². The number of nitrogens with two attached hydrogens (primary N) is 1. The van der Waals surface area contributed by atoms with Gasteiger partial charge in [0.1, 0.15) is 18.2 Å². The van der Waals surface area contributed by atoms with Gasteiger partial charge in [0.05, 0.1) is 12.9 Å². The van der Waals surface area contributed by atoms with Gasteiger partial charge < -0.3 is 24.8 Å². The van der Waals surface area contributed by atoms with Gasteiger partial charge in [0, 0.05) is 12.0 Å². The second kappa shape index (κ2) is 6.01. The number of imidazole rings is 1. The SMILES string of the molecule is Nc1ncnc2c1ncn2CC1(COCP(=O)(O)O)CC=CC1. The first kappa shape index (κ1) is 16.1. The lowest BCUT2D eigenvalue weighted by molar-refractivity contribution is 0.0564. The lowest BCUT2D eigenvalue weighted by atomic mass is 9.86. The van der Waals surface area contributed by atoms with Gasteiger partial charge in [0.25, 0.3) is 0 Å². The number of fused-ring (bicyclic) bond motifs is 1. The molecule has 0 amide bonds. The van der Waals surface area contributed by atoms with Crippen LogP contribution in [-0.2, 0) is 15.8 Å². The molecule has 2 aromatic rings. The minimum Gasteiger partial charge on any atom is -0.382 e. The molecule has 1 aliphatic carbocycles. The highest BCUT2D eigenvalue weighted by Crippen LogP contribution is 2.39. The van der Waals surface area contributed by atoms with Crippen molar-refractivity contribution in [3.8, 4) is 0 Å². The molecule has 3 rings (SSSR count). The number of rotatable bonds is 6. The zero-order chi connectivity index (χ0) is 16.5. The van der Waals surface area contributed by atoms with Crippen LogP contribution >= 0.6 is 7.60 Å². The quantitative estimate of drug-likeness (QED) is 0.521. The Balaban J connectivity index is 1.79. The number of anilines is 1. The summed E-state index contributed by atoms with van der Waals surface area (Å²) in [4.78, 5) is 30.2.